The second kappa shape index (κ2) is 8.81. The summed E-state index contributed by atoms with van der Waals surface area (Å²) < 4.78 is 5.78. The SMILES string of the molecule is CCCNC(=O)[C@H]1CN(C(=O)CCC(=O)c2cccs2)c2ccccc2O1. The molecule has 0 spiro atoms. The van der Waals surface area contributed by atoms with Gasteiger partial charge in [0.05, 0.1) is 17.1 Å². The molecule has 0 saturated carbocycles. The van der Waals surface area contributed by atoms with Crippen LogP contribution in [0.5, 0.6) is 5.75 Å². The van der Waals surface area contributed by atoms with E-state index in [0.717, 1.165) is 6.42 Å². The Morgan fingerprint density at radius 1 is 1.19 bits per heavy atom. The highest BCUT2D eigenvalue weighted by molar-refractivity contribution is 7.12. The third-order valence-corrected chi connectivity index (χ3v) is 5.19. The van der Waals surface area contributed by atoms with Crippen LogP contribution < -0.4 is 15.0 Å². The van der Waals surface area contributed by atoms with Gasteiger partial charge in [-0.25, -0.2) is 0 Å². The fourth-order valence-electron chi connectivity index (χ4n) is 2.88. The molecule has 0 aliphatic carbocycles. The lowest BCUT2D eigenvalue weighted by molar-refractivity contribution is -0.128. The Morgan fingerprint density at radius 2 is 2.00 bits per heavy atom. The number of fused-ring (bicyclic) bond motifs is 1. The monoisotopic (exact) mass is 386 g/mol. The van der Waals surface area contributed by atoms with E-state index in [1.807, 2.05) is 24.4 Å². The van der Waals surface area contributed by atoms with Crippen LogP contribution in [0.4, 0.5) is 5.69 Å². The molecule has 2 amide bonds. The van der Waals surface area contributed by atoms with Crippen LogP contribution in [0, 0.1) is 0 Å². The van der Waals surface area contributed by atoms with Crippen molar-refractivity contribution in [3.05, 3.63) is 46.7 Å². The van der Waals surface area contributed by atoms with Crippen molar-refractivity contribution in [2.45, 2.75) is 32.3 Å². The van der Waals surface area contributed by atoms with E-state index in [9.17, 15) is 14.4 Å². The zero-order valence-corrected chi connectivity index (χ0v) is 16.0. The zero-order valence-electron chi connectivity index (χ0n) is 15.1. The summed E-state index contributed by atoms with van der Waals surface area (Å²) in [5, 5.41) is 4.65. The van der Waals surface area contributed by atoms with Crippen molar-refractivity contribution in [2.24, 2.45) is 0 Å². The van der Waals surface area contributed by atoms with Crippen molar-refractivity contribution in [3.8, 4) is 5.75 Å². The molecule has 3 rings (SSSR count). The Bertz CT molecular complexity index is 819. The molecule has 1 atom stereocenters. The van der Waals surface area contributed by atoms with E-state index in [1.165, 1.54) is 11.3 Å². The van der Waals surface area contributed by atoms with E-state index < -0.39 is 6.10 Å². The average Bonchev–Trinajstić information content (AvgIpc) is 3.24. The summed E-state index contributed by atoms with van der Waals surface area (Å²) in [5.74, 6) is 0.0261. The first-order valence-electron chi connectivity index (χ1n) is 9.00. The number of rotatable bonds is 7. The molecule has 0 bridgehead atoms. The first-order chi connectivity index (χ1) is 13.1. The van der Waals surface area contributed by atoms with Crippen LogP contribution in [0.15, 0.2) is 41.8 Å². The van der Waals surface area contributed by atoms with Crippen molar-refractivity contribution in [2.75, 3.05) is 18.0 Å². The van der Waals surface area contributed by atoms with Gasteiger partial charge in [-0.15, -0.1) is 11.3 Å². The lowest BCUT2D eigenvalue weighted by atomic mass is 10.1. The number of para-hydroxylation sites is 2. The van der Waals surface area contributed by atoms with Crippen molar-refractivity contribution < 1.29 is 19.1 Å². The van der Waals surface area contributed by atoms with Gasteiger partial charge >= 0.3 is 0 Å². The maximum absolute atomic E-state index is 12.8. The van der Waals surface area contributed by atoms with Crippen LogP contribution in [0.1, 0.15) is 35.9 Å². The van der Waals surface area contributed by atoms with Gasteiger partial charge in [-0.2, -0.15) is 0 Å². The number of amides is 2. The minimum Gasteiger partial charge on any atom is -0.477 e. The van der Waals surface area contributed by atoms with Crippen LogP contribution >= 0.6 is 11.3 Å². The number of Topliss-reactive ketones (excluding diaryl/α,β-unsaturated/α-hetero) is 1. The predicted octanol–water partition coefficient (Wildman–Crippen LogP) is 3.03. The lowest BCUT2D eigenvalue weighted by Crippen LogP contribution is -2.50. The zero-order chi connectivity index (χ0) is 19.2. The van der Waals surface area contributed by atoms with Gasteiger partial charge < -0.3 is 15.0 Å². The minimum absolute atomic E-state index is 0.0443. The average molecular weight is 386 g/mol. The molecular weight excluding hydrogens is 364 g/mol. The molecule has 0 fully saturated rings. The predicted molar refractivity (Wildman–Crippen MR) is 104 cm³/mol. The van der Waals surface area contributed by atoms with Gasteiger partial charge in [-0.05, 0) is 30.0 Å². The van der Waals surface area contributed by atoms with Crippen molar-refractivity contribution >= 4 is 34.6 Å². The number of nitrogens with zero attached hydrogens (tertiary/aromatic N) is 1. The number of anilines is 1. The highest BCUT2D eigenvalue weighted by atomic mass is 32.1. The van der Waals surface area contributed by atoms with Crippen LogP contribution in [0.25, 0.3) is 0 Å². The van der Waals surface area contributed by atoms with Gasteiger partial charge in [-0.1, -0.05) is 25.1 Å². The maximum atomic E-state index is 12.8. The van der Waals surface area contributed by atoms with Crippen molar-refractivity contribution in [1.29, 1.82) is 0 Å². The first-order valence-corrected chi connectivity index (χ1v) is 9.88. The summed E-state index contributed by atoms with van der Waals surface area (Å²) >= 11 is 1.37. The number of thiophene rings is 1. The highest BCUT2D eigenvalue weighted by Crippen LogP contribution is 2.33. The number of benzene rings is 1. The number of ether oxygens (including phenoxy) is 1. The Balaban J connectivity index is 1.71. The molecule has 0 saturated heterocycles. The fraction of sp³-hybridized carbons (Fsp3) is 0.350. The molecule has 1 aromatic heterocycles. The largest absolute Gasteiger partial charge is 0.477 e. The lowest BCUT2D eigenvalue weighted by Gasteiger charge is -2.34. The smallest absolute Gasteiger partial charge is 0.262 e. The number of hydrogen-bond acceptors (Lipinski definition) is 5. The van der Waals surface area contributed by atoms with Crippen LogP contribution in [-0.2, 0) is 9.59 Å². The Kier molecular flexibility index (Phi) is 6.24. The van der Waals surface area contributed by atoms with Gasteiger partial charge in [0.2, 0.25) is 5.91 Å². The minimum atomic E-state index is -0.761. The molecule has 7 heteroatoms. The molecular formula is C20H22N2O4S. The van der Waals surface area contributed by atoms with E-state index >= 15 is 0 Å². The standard InChI is InChI=1S/C20H22N2O4S/c1-2-11-21-20(25)17-13-22(14-6-3-4-7-16(14)26-17)19(24)10-9-15(23)18-8-5-12-27-18/h3-8,12,17H,2,9-11,13H2,1H3,(H,21,25)/t17-/m1/s1. The van der Waals surface area contributed by atoms with Gasteiger partial charge in [-0.3, -0.25) is 14.4 Å². The summed E-state index contributed by atoms with van der Waals surface area (Å²) in [6, 6.07) is 10.7. The molecule has 1 aromatic carbocycles. The van der Waals surface area contributed by atoms with Gasteiger partial charge in [0.1, 0.15) is 5.75 Å². The summed E-state index contributed by atoms with van der Waals surface area (Å²) in [6.07, 6.45) is 0.297. The summed E-state index contributed by atoms with van der Waals surface area (Å²) in [4.78, 5) is 39.5. The Morgan fingerprint density at radius 3 is 2.74 bits per heavy atom. The van der Waals surface area contributed by atoms with Crippen LogP contribution in [0.2, 0.25) is 0 Å². The second-order valence-corrected chi connectivity index (χ2v) is 7.22. The highest BCUT2D eigenvalue weighted by Gasteiger charge is 2.33. The summed E-state index contributed by atoms with van der Waals surface area (Å²) in [5.41, 5.74) is 0.630. The molecule has 0 unspecified atom stereocenters. The van der Waals surface area contributed by atoms with Gasteiger partial charge in [0.25, 0.3) is 5.91 Å². The molecule has 2 aromatic rings. The quantitative estimate of drug-likeness (QED) is 0.742. The normalized spacial score (nSPS) is 15.6. The molecule has 1 aliphatic heterocycles. The van der Waals surface area contributed by atoms with Crippen molar-refractivity contribution in [1.82, 2.24) is 5.32 Å². The maximum Gasteiger partial charge on any atom is 0.262 e. The molecule has 142 valence electrons. The Labute approximate surface area is 162 Å². The molecule has 6 nitrogen and oxygen atoms in total. The van der Waals surface area contributed by atoms with E-state index in [0.29, 0.717) is 22.9 Å². The van der Waals surface area contributed by atoms with Gasteiger partial charge in [0.15, 0.2) is 11.9 Å². The van der Waals surface area contributed by atoms with Crippen LogP contribution in [-0.4, -0.2) is 36.8 Å². The van der Waals surface area contributed by atoms with Gasteiger partial charge in [0, 0.05) is 19.4 Å². The summed E-state index contributed by atoms with van der Waals surface area (Å²) in [6.45, 7) is 2.67. The topological polar surface area (TPSA) is 75.7 Å². The number of nitrogens with one attached hydrogen (secondary N) is 1. The number of hydrogen-bond donors (Lipinski definition) is 1. The van der Waals surface area contributed by atoms with E-state index in [2.05, 4.69) is 5.32 Å². The van der Waals surface area contributed by atoms with E-state index in [1.54, 1.807) is 29.2 Å². The van der Waals surface area contributed by atoms with E-state index in [4.69, 9.17) is 4.74 Å². The van der Waals surface area contributed by atoms with Crippen molar-refractivity contribution in [3.63, 3.8) is 0 Å². The number of carbonyl (C=O) groups is 3. The fourth-order valence-corrected chi connectivity index (χ4v) is 3.58. The third-order valence-electron chi connectivity index (χ3n) is 4.28. The molecule has 27 heavy (non-hydrogen) atoms. The molecule has 2 heterocycles. The molecule has 1 N–H and O–H groups in total. The molecule has 0 radical (unpaired) electrons. The molecule has 1 aliphatic rings. The van der Waals surface area contributed by atoms with E-state index in [-0.39, 0.29) is 37.0 Å². The number of carbonyl (C=O) groups excluding carboxylic acids is 3. The number of ketones is 1. The summed E-state index contributed by atoms with van der Waals surface area (Å²) in [7, 11) is 0. The third kappa shape index (κ3) is 4.54. The van der Waals surface area contributed by atoms with Crippen LogP contribution in [0.3, 0.4) is 0 Å². The first kappa shape index (κ1) is 19.1. The second-order valence-electron chi connectivity index (χ2n) is 6.27. The Hall–Kier alpha value is -2.67.